The second kappa shape index (κ2) is 12.8. The van der Waals surface area contributed by atoms with Crippen molar-refractivity contribution in [2.75, 3.05) is 39.3 Å². The van der Waals surface area contributed by atoms with Crippen molar-refractivity contribution in [3.8, 4) is 0 Å². The lowest BCUT2D eigenvalue weighted by molar-refractivity contribution is 0.0763. The smallest absolute Gasteiger partial charge is 0.129 e. The molecule has 1 aliphatic carbocycles. The Morgan fingerprint density at radius 2 is 1.51 bits per heavy atom. The molecule has 3 aromatic carbocycles. The largest absolute Gasteiger partial charge is 0.394 e. The standard InChI is InChI=1S/C32H36FN3O/c33-30-16-14-26(15-17-30)24-29-12-7-13-31(28-10-5-2-6-11-28)32(29)34-37-23-22-35-18-20-36(21-19-35)25-27-8-3-1-4-9-27/h1-6,8-11,14-17,24,31H,7,12-13,18-23,25H2/b29-24+,34-32-/t31-/m1/s1. The van der Waals surface area contributed by atoms with Gasteiger partial charge in [-0.05, 0) is 59.7 Å². The molecule has 0 radical (unpaired) electrons. The fourth-order valence-electron chi connectivity index (χ4n) is 5.32. The number of oxime groups is 1. The summed E-state index contributed by atoms with van der Waals surface area (Å²) in [4.78, 5) is 11.0. The van der Waals surface area contributed by atoms with Crippen LogP contribution in [-0.2, 0) is 11.4 Å². The molecule has 1 heterocycles. The van der Waals surface area contributed by atoms with Crippen molar-refractivity contribution >= 4 is 11.8 Å². The Kier molecular flexibility index (Phi) is 8.78. The summed E-state index contributed by atoms with van der Waals surface area (Å²) in [5, 5.41) is 4.73. The predicted octanol–water partition coefficient (Wildman–Crippen LogP) is 6.37. The summed E-state index contributed by atoms with van der Waals surface area (Å²) in [5.41, 5.74) is 5.83. The molecule has 5 heteroatoms. The minimum atomic E-state index is -0.217. The van der Waals surface area contributed by atoms with Gasteiger partial charge in [0.05, 0.1) is 5.71 Å². The molecule has 0 amide bonds. The maximum absolute atomic E-state index is 13.4. The number of hydrogen-bond donors (Lipinski definition) is 0. The van der Waals surface area contributed by atoms with Crippen molar-refractivity contribution in [1.82, 2.24) is 9.80 Å². The Balaban J connectivity index is 1.20. The number of hydrogen-bond acceptors (Lipinski definition) is 4. The Morgan fingerprint density at radius 3 is 2.24 bits per heavy atom. The predicted molar refractivity (Wildman–Crippen MR) is 149 cm³/mol. The van der Waals surface area contributed by atoms with Crippen LogP contribution < -0.4 is 0 Å². The molecule has 37 heavy (non-hydrogen) atoms. The first-order valence-corrected chi connectivity index (χ1v) is 13.4. The van der Waals surface area contributed by atoms with Crippen LogP contribution in [-0.4, -0.2) is 54.8 Å². The van der Waals surface area contributed by atoms with Gasteiger partial charge in [0.2, 0.25) is 0 Å². The maximum Gasteiger partial charge on any atom is 0.129 e. The zero-order valence-corrected chi connectivity index (χ0v) is 21.4. The normalized spacial score (nSPS) is 21.4. The van der Waals surface area contributed by atoms with E-state index >= 15 is 0 Å². The Bertz CT molecular complexity index is 1170. The first-order chi connectivity index (χ1) is 18.2. The highest BCUT2D eigenvalue weighted by Gasteiger charge is 2.27. The third-order valence-corrected chi connectivity index (χ3v) is 7.39. The molecule has 0 unspecified atom stereocenters. The second-order valence-corrected chi connectivity index (χ2v) is 9.99. The molecule has 3 aromatic rings. The van der Waals surface area contributed by atoms with E-state index in [1.807, 2.05) is 12.1 Å². The first-order valence-electron chi connectivity index (χ1n) is 13.4. The van der Waals surface area contributed by atoms with Crippen molar-refractivity contribution < 1.29 is 9.23 Å². The summed E-state index contributed by atoms with van der Waals surface area (Å²) in [6, 6.07) is 27.9. The van der Waals surface area contributed by atoms with Crippen LogP contribution in [0.3, 0.4) is 0 Å². The van der Waals surface area contributed by atoms with E-state index in [0.717, 1.165) is 69.8 Å². The van der Waals surface area contributed by atoms with Gasteiger partial charge in [0.1, 0.15) is 12.4 Å². The van der Waals surface area contributed by atoms with Crippen LogP contribution in [0.25, 0.3) is 6.08 Å². The molecule has 0 N–H and O–H groups in total. The maximum atomic E-state index is 13.4. The molecule has 1 atom stereocenters. The van der Waals surface area contributed by atoms with Gasteiger partial charge >= 0.3 is 0 Å². The minimum absolute atomic E-state index is 0.211. The lowest BCUT2D eigenvalue weighted by Crippen LogP contribution is -2.46. The SMILES string of the molecule is Fc1ccc(/C=C2\CCC[C@H](c3ccccc3)\C2=N/OCCN2CCN(Cc3ccccc3)CC2)cc1. The monoisotopic (exact) mass is 497 g/mol. The van der Waals surface area contributed by atoms with Gasteiger partial charge in [-0.2, -0.15) is 0 Å². The quantitative estimate of drug-likeness (QED) is 0.268. The summed E-state index contributed by atoms with van der Waals surface area (Å²) >= 11 is 0. The Labute approximate surface area is 220 Å². The Morgan fingerprint density at radius 1 is 0.838 bits per heavy atom. The van der Waals surface area contributed by atoms with Crippen LogP contribution in [0, 0.1) is 5.82 Å². The average Bonchev–Trinajstić information content (AvgIpc) is 2.95. The summed E-state index contributed by atoms with van der Waals surface area (Å²) in [6.07, 6.45) is 5.24. The van der Waals surface area contributed by atoms with E-state index in [9.17, 15) is 4.39 Å². The van der Waals surface area contributed by atoms with E-state index in [0.29, 0.717) is 6.61 Å². The summed E-state index contributed by atoms with van der Waals surface area (Å²) in [7, 11) is 0. The number of rotatable bonds is 8. The third-order valence-electron chi connectivity index (χ3n) is 7.39. The fourth-order valence-corrected chi connectivity index (χ4v) is 5.32. The molecule has 2 fully saturated rings. The number of nitrogens with zero attached hydrogens (tertiary/aromatic N) is 3. The molecular weight excluding hydrogens is 461 g/mol. The van der Waals surface area contributed by atoms with Crippen LogP contribution in [0.2, 0.25) is 0 Å². The number of benzene rings is 3. The van der Waals surface area contributed by atoms with Crippen molar-refractivity contribution in [3.05, 3.63) is 113 Å². The lowest BCUT2D eigenvalue weighted by Gasteiger charge is -2.34. The number of allylic oxidation sites excluding steroid dienone is 1. The van der Waals surface area contributed by atoms with Gasteiger partial charge < -0.3 is 4.84 Å². The van der Waals surface area contributed by atoms with Gasteiger partial charge in [0.15, 0.2) is 0 Å². The van der Waals surface area contributed by atoms with E-state index in [2.05, 4.69) is 76.5 Å². The van der Waals surface area contributed by atoms with Gasteiger partial charge in [0.25, 0.3) is 0 Å². The van der Waals surface area contributed by atoms with E-state index in [4.69, 9.17) is 9.99 Å². The van der Waals surface area contributed by atoms with Crippen LogP contribution >= 0.6 is 0 Å². The second-order valence-electron chi connectivity index (χ2n) is 9.99. The van der Waals surface area contributed by atoms with E-state index in [-0.39, 0.29) is 11.7 Å². The Hall–Kier alpha value is -3.28. The van der Waals surface area contributed by atoms with Crippen molar-refractivity contribution in [2.45, 2.75) is 31.7 Å². The molecule has 5 rings (SSSR count). The molecule has 0 aromatic heterocycles. The zero-order valence-electron chi connectivity index (χ0n) is 21.4. The van der Waals surface area contributed by atoms with Crippen LogP contribution in [0.15, 0.2) is 95.7 Å². The molecule has 192 valence electrons. The number of piperazine rings is 1. The molecule has 2 aliphatic rings. The minimum Gasteiger partial charge on any atom is -0.394 e. The van der Waals surface area contributed by atoms with Crippen molar-refractivity contribution in [2.24, 2.45) is 5.16 Å². The summed E-state index contributed by atoms with van der Waals surface area (Å²) < 4.78 is 13.4. The van der Waals surface area contributed by atoms with E-state index in [1.54, 1.807) is 0 Å². The number of halogens is 1. The van der Waals surface area contributed by atoms with Crippen molar-refractivity contribution in [3.63, 3.8) is 0 Å². The van der Waals surface area contributed by atoms with Gasteiger partial charge in [0, 0.05) is 45.2 Å². The van der Waals surface area contributed by atoms with E-state index < -0.39 is 0 Å². The first kappa shape index (κ1) is 25.4. The average molecular weight is 498 g/mol. The molecule has 0 bridgehead atoms. The van der Waals surface area contributed by atoms with E-state index in [1.165, 1.54) is 28.8 Å². The van der Waals surface area contributed by atoms with Crippen molar-refractivity contribution in [1.29, 1.82) is 0 Å². The van der Waals surface area contributed by atoms with Gasteiger partial charge in [-0.25, -0.2) is 4.39 Å². The molecule has 1 aliphatic heterocycles. The van der Waals surface area contributed by atoms with Crippen LogP contribution in [0.4, 0.5) is 4.39 Å². The lowest BCUT2D eigenvalue weighted by atomic mass is 9.79. The van der Waals surface area contributed by atoms with Gasteiger partial charge in [-0.3, -0.25) is 9.80 Å². The summed E-state index contributed by atoms with van der Waals surface area (Å²) in [5.74, 6) is -0.00532. The topological polar surface area (TPSA) is 28.1 Å². The highest BCUT2D eigenvalue weighted by Crippen LogP contribution is 2.35. The molecular formula is C32H36FN3O. The van der Waals surface area contributed by atoms with Gasteiger partial charge in [-0.1, -0.05) is 78.0 Å². The zero-order chi connectivity index (χ0) is 25.3. The molecule has 4 nitrogen and oxygen atoms in total. The molecule has 1 saturated carbocycles. The van der Waals surface area contributed by atoms with Crippen LogP contribution in [0.1, 0.15) is 41.9 Å². The highest BCUT2D eigenvalue weighted by atomic mass is 19.1. The highest BCUT2D eigenvalue weighted by molar-refractivity contribution is 6.08. The van der Waals surface area contributed by atoms with Gasteiger partial charge in [-0.15, -0.1) is 0 Å². The third kappa shape index (κ3) is 7.15. The molecule has 1 saturated heterocycles. The molecule has 0 spiro atoms. The summed E-state index contributed by atoms with van der Waals surface area (Å²) in [6.45, 7) is 6.72. The fraction of sp³-hybridized carbons (Fsp3) is 0.344. The van der Waals surface area contributed by atoms with Crippen LogP contribution in [0.5, 0.6) is 0 Å².